The zero-order chi connectivity index (χ0) is 19.4. The predicted octanol–water partition coefficient (Wildman–Crippen LogP) is 2.16. The maximum absolute atomic E-state index is 13.3. The summed E-state index contributed by atoms with van der Waals surface area (Å²) in [6, 6.07) is 6.78. The third-order valence-corrected chi connectivity index (χ3v) is 5.99. The van der Waals surface area contributed by atoms with Gasteiger partial charge in [-0.25, -0.2) is 4.39 Å². The monoisotopic (exact) mass is 375 g/mol. The standard InChI is InChI=1S/C21H30FN3O2/c1-23-11-9-19(10-12-23)24(2)21(27)17-6-7-20(26)25(15-17)13-8-16-4-3-5-18(22)14-16/h3-5,14,17,19H,6-13,15H2,1-2H3/t17-/m1/s1. The molecule has 27 heavy (non-hydrogen) atoms. The molecule has 0 saturated carbocycles. The average molecular weight is 375 g/mol. The molecule has 1 aromatic rings. The van der Waals surface area contributed by atoms with Crippen LogP contribution in [0.5, 0.6) is 0 Å². The minimum atomic E-state index is -0.259. The second kappa shape index (κ2) is 8.83. The van der Waals surface area contributed by atoms with E-state index in [0.29, 0.717) is 38.4 Å². The van der Waals surface area contributed by atoms with Crippen molar-refractivity contribution < 1.29 is 14.0 Å². The summed E-state index contributed by atoms with van der Waals surface area (Å²) in [5.41, 5.74) is 0.875. The molecule has 1 atom stereocenters. The second-order valence-corrected chi connectivity index (χ2v) is 7.94. The number of benzene rings is 1. The molecule has 2 amide bonds. The van der Waals surface area contributed by atoms with Crippen molar-refractivity contribution in [2.24, 2.45) is 5.92 Å². The van der Waals surface area contributed by atoms with Crippen molar-refractivity contribution >= 4 is 11.8 Å². The largest absolute Gasteiger partial charge is 0.342 e. The summed E-state index contributed by atoms with van der Waals surface area (Å²) in [6.45, 7) is 3.05. The Bertz CT molecular complexity index is 673. The molecule has 6 heteroatoms. The summed E-state index contributed by atoms with van der Waals surface area (Å²) >= 11 is 0. The molecule has 3 rings (SSSR count). The Balaban J connectivity index is 1.55. The Hall–Kier alpha value is -1.95. The van der Waals surface area contributed by atoms with Gasteiger partial charge in [-0.1, -0.05) is 12.1 Å². The number of carbonyl (C=O) groups excluding carboxylic acids is 2. The molecule has 0 aliphatic carbocycles. The first-order chi connectivity index (χ1) is 12.9. The molecule has 5 nitrogen and oxygen atoms in total. The van der Waals surface area contributed by atoms with Crippen LogP contribution in [-0.2, 0) is 16.0 Å². The Morgan fingerprint density at radius 3 is 2.70 bits per heavy atom. The molecule has 0 bridgehead atoms. The Morgan fingerprint density at radius 2 is 2.00 bits per heavy atom. The zero-order valence-electron chi connectivity index (χ0n) is 16.4. The fourth-order valence-corrected chi connectivity index (χ4v) is 4.14. The maximum atomic E-state index is 13.3. The van der Waals surface area contributed by atoms with E-state index in [1.807, 2.05) is 18.0 Å². The smallest absolute Gasteiger partial charge is 0.227 e. The van der Waals surface area contributed by atoms with Crippen LogP contribution in [0.2, 0.25) is 0 Å². The van der Waals surface area contributed by atoms with E-state index in [1.165, 1.54) is 12.1 Å². The summed E-state index contributed by atoms with van der Waals surface area (Å²) in [4.78, 5) is 31.2. The van der Waals surface area contributed by atoms with Crippen molar-refractivity contribution in [2.75, 3.05) is 40.3 Å². The highest BCUT2D eigenvalue weighted by Gasteiger charge is 2.34. The highest BCUT2D eigenvalue weighted by Crippen LogP contribution is 2.23. The zero-order valence-corrected chi connectivity index (χ0v) is 16.4. The van der Waals surface area contributed by atoms with Crippen LogP contribution in [0.25, 0.3) is 0 Å². The maximum Gasteiger partial charge on any atom is 0.227 e. The van der Waals surface area contributed by atoms with E-state index in [9.17, 15) is 14.0 Å². The van der Waals surface area contributed by atoms with Crippen LogP contribution >= 0.6 is 0 Å². The second-order valence-electron chi connectivity index (χ2n) is 7.94. The number of likely N-dealkylation sites (tertiary alicyclic amines) is 2. The molecule has 2 fully saturated rings. The van der Waals surface area contributed by atoms with Gasteiger partial charge in [0, 0.05) is 32.6 Å². The highest BCUT2D eigenvalue weighted by atomic mass is 19.1. The molecule has 0 unspecified atom stereocenters. The molecule has 0 spiro atoms. The third kappa shape index (κ3) is 5.06. The number of amides is 2. The van der Waals surface area contributed by atoms with Crippen molar-refractivity contribution in [1.29, 1.82) is 0 Å². The fourth-order valence-electron chi connectivity index (χ4n) is 4.14. The van der Waals surface area contributed by atoms with Crippen molar-refractivity contribution in [1.82, 2.24) is 14.7 Å². The Labute approximate surface area is 161 Å². The molecule has 2 saturated heterocycles. The van der Waals surface area contributed by atoms with Crippen LogP contribution in [0.4, 0.5) is 4.39 Å². The number of carbonyl (C=O) groups is 2. The van der Waals surface area contributed by atoms with E-state index >= 15 is 0 Å². The molecule has 1 aromatic carbocycles. The average Bonchev–Trinajstić information content (AvgIpc) is 2.67. The van der Waals surface area contributed by atoms with Gasteiger partial charge >= 0.3 is 0 Å². The van der Waals surface area contributed by atoms with Gasteiger partial charge in [-0.2, -0.15) is 0 Å². The van der Waals surface area contributed by atoms with E-state index in [0.717, 1.165) is 31.5 Å². The lowest BCUT2D eigenvalue weighted by Gasteiger charge is -2.39. The van der Waals surface area contributed by atoms with Gasteiger partial charge < -0.3 is 14.7 Å². The Kier molecular flexibility index (Phi) is 6.47. The lowest BCUT2D eigenvalue weighted by molar-refractivity contribution is -0.144. The number of piperidine rings is 2. The van der Waals surface area contributed by atoms with Crippen LogP contribution in [-0.4, -0.2) is 72.8 Å². The summed E-state index contributed by atoms with van der Waals surface area (Å²) in [6.07, 6.45) is 3.67. The lowest BCUT2D eigenvalue weighted by Crippen LogP contribution is -2.50. The van der Waals surface area contributed by atoms with Crippen molar-refractivity contribution in [3.8, 4) is 0 Å². The molecule has 2 aliphatic rings. The third-order valence-electron chi connectivity index (χ3n) is 5.99. The van der Waals surface area contributed by atoms with E-state index in [4.69, 9.17) is 0 Å². The van der Waals surface area contributed by atoms with E-state index in [1.54, 1.807) is 11.0 Å². The summed E-state index contributed by atoms with van der Waals surface area (Å²) in [7, 11) is 4.02. The van der Waals surface area contributed by atoms with E-state index < -0.39 is 0 Å². The van der Waals surface area contributed by atoms with E-state index in [2.05, 4.69) is 11.9 Å². The van der Waals surface area contributed by atoms with Crippen LogP contribution in [0.15, 0.2) is 24.3 Å². The normalized spacial score (nSPS) is 22.1. The van der Waals surface area contributed by atoms with Crippen LogP contribution in [0.1, 0.15) is 31.2 Å². The number of nitrogens with zero attached hydrogens (tertiary/aromatic N) is 3. The van der Waals surface area contributed by atoms with Gasteiger partial charge in [0.1, 0.15) is 5.82 Å². The van der Waals surface area contributed by atoms with E-state index in [-0.39, 0.29) is 23.5 Å². The van der Waals surface area contributed by atoms with Gasteiger partial charge in [0.05, 0.1) is 5.92 Å². The minimum absolute atomic E-state index is 0.0948. The van der Waals surface area contributed by atoms with Crippen molar-refractivity contribution in [2.45, 2.75) is 38.1 Å². The molecule has 0 radical (unpaired) electrons. The van der Waals surface area contributed by atoms with Gasteiger partial charge in [0.2, 0.25) is 11.8 Å². The molecule has 0 N–H and O–H groups in total. The van der Waals surface area contributed by atoms with Gasteiger partial charge in [0.15, 0.2) is 0 Å². The van der Waals surface area contributed by atoms with Gasteiger partial charge in [0.25, 0.3) is 0 Å². The summed E-state index contributed by atoms with van der Waals surface area (Å²) in [5.74, 6) is -0.129. The van der Waals surface area contributed by atoms with Gasteiger partial charge in [-0.15, -0.1) is 0 Å². The summed E-state index contributed by atoms with van der Waals surface area (Å²) < 4.78 is 13.3. The Morgan fingerprint density at radius 1 is 1.26 bits per heavy atom. The molecular weight excluding hydrogens is 345 g/mol. The topological polar surface area (TPSA) is 43.9 Å². The first kappa shape index (κ1) is 19.8. The van der Waals surface area contributed by atoms with Crippen LogP contribution in [0.3, 0.4) is 0 Å². The lowest BCUT2D eigenvalue weighted by atomic mass is 9.94. The molecular formula is C21H30FN3O2. The molecule has 0 aromatic heterocycles. The van der Waals surface area contributed by atoms with Crippen LogP contribution < -0.4 is 0 Å². The van der Waals surface area contributed by atoms with Gasteiger partial charge in [-0.05, 0) is 63.5 Å². The van der Waals surface area contributed by atoms with Gasteiger partial charge in [-0.3, -0.25) is 9.59 Å². The number of halogens is 1. The first-order valence-electron chi connectivity index (χ1n) is 9.91. The van der Waals surface area contributed by atoms with Crippen molar-refractivity contribution in [3.63, 3.8) is 0 Å². The number of rotatable bonds is 5. The number of hydrogen-bond acceptors (Lipinski definition) is 3. The molecule has 2 aliphatic heterocycles. The fraction of sp³-hybridized carbons (Fsp3) is 0.619. The number of hydrogen-bond donors (Lipinski definition) is 0. The minimum Gasteiger partial charge on any atom is -0.342 e. The predicted molar refractivity (Wildman–Crippen MR) is 103 cm³/mol. The summed E-state index contributed by atoms with van der Waals surface area (Å²) in [5, 5.41) is 0. The van der Waals surface area contributed by atoms with Crippen LogP contribution in [0, 0.1) is 11.7 Å². The molecule has 148 valence electrons. The highest BCUT2D eigenvalue weighted by molar-refractivity contribution is 5.84. The van der Waals surface area contributed by atoms with Crippen molar-refractivity contribution in [3.05, 3.63) is 35.6 Å². The molecule has 2 heterocycles. The quantitative estimate of drug-likeness (QED) is 0.792. The first-order valence-corrected chi connectivity index (χ1v) is 9.91. The SMILES string of the molecule is CN1CCC(N(C)C(=O)[C@@H]2CCC(=O)N(CCc3cccc(F)c3)C2)CC1.